The van der Waals surface area contributed by atoms with Crippen LogP contribution in [0.2, 0.25) is 0 Å². The van der Waals surface area contributed by atoms with Crippen molar-refractivity contribution >= 4 is 5.78 Å². The van der Waals surface area contributed by atoms with Gasteiger partial charge in [-0.15, -0.1) is 4.98 Å². The van der Waals surface area contributed by atoms with Gasteiger partial charge in [0.2, 0.25) is 6.33 Å². The standard InChI is InChI=1S/C8H11N4.HI/c1-6-4-7(2)12-8(10-6)11(3)5-9-12;/h4-5H,1-3H3;1H/q+1;/p-1. The van der Waals surface area contributed by atoms with Crippen LogP contribution in [0, 0.1) is 13.8 Å². The molecule has 70 valence electrons. The van der Waals surface area contributed by atoms with Crippen molar-refractivity contribution < 1.29 is 28.5 Å². The monoisotopic (exact) mass is 290 g/mol. The predicted molar refractivity (Wildman–Crippen MR) is 43.6 cm³/mol. The van der Waals surface area contributed by atoms with Gasteiger partial charge < -0.3 is 24.0 Å². The summed E-state index contributed by atoms with van der Waals surface area (Å²) >= 11 is 0. The van der Waals surface area contributed by atoms with Crippen molar-refractivity contribution in [2.75, 3.05) is 0 Å². The molecule has 0 spiro atoms. The van der Waals surface area contributed by atoms with Crippen LogP contribution in [0.3, 0.4) is 0 Å². The second kappa shape index (κ2) is 3.57. The first-order valence-electron chi connectivity index (χ1n) is 3.86. The van der Waals surface area contributed by atoms with Crippen molar-refractivity contribution in [1.82, 2.24) is 14.6 Å². The summed E-state index contributed by atoms with van der Waals surface area (Å²) in [6.07, 6.45) is 1.76. The summed E-state index contributed by atoms with van der Waals surface area (Å²) < 4.78 is 3.73. The number of hydrogen-bond donors (Lipinski definition) is 0. The number of aryl methyl sites for hydroxylation is 3. The molecule has 0 fully saturated rings. The molecule has 4 nitrogen and oxygen atoms in total. The summed E-state index contributed by atoms with van der Waals surface area (Å²) in [4.78, 5) is 4.36. The topological polar surface area (TPSA) is 34.1 Å². The van der Waals surface area contributed by atoms with E-state index in [1.54, 1.807) is 6.33 Å². The van der Waals surface area contributed by atoms with E-state index in [4.69, 9.17) is 0 Å². The highest BCUT2D eigenvalue weighted by Gasteiger charge is 2.11. The highest BCUT2D eigenvalue weighted by Crippen LogP contribution is 2.00. The fourth-order valence-electron chi connectivity index (χ4n) is 1.31. The fourth-order valence-corrected chi connectivity index (χ4v) is 1.31. The summed E-state index contributed by atoms with van der Waals surface area (Å²) in [5.41, 5.74) is 2.13. The van der Waals surface area contributed by atoms with E-state index in [1.165, 1.54) is 0 Å². The van der Waals surface area contributed by atoms with Gasteiger partial charge in [0.15, 0.2) is 0 Å². The van der Waals surface area contributed by atoms with E-state index in [2.05, 4.69) is 10.1 Å². The Labute approximate surface area is 93.6 Å². The molecule has 0 aliphatic heterocycles. The molecule has 0 radical (unpaired) electrons. The van der Waals surface area contributed by atoms with Crippen LogP contribution in [0.5, 0.6) is 0 Å². The second-order valence-electron chi connectivity index (χ2n) is 2.99. The van der Waals surface area contributed by atoms with Gasteiger partial charge in [0.25, 0.3) is 0 Å². The van der Waals surface area contributed by atoms with Crippen LogP contribution in [-0.2, 0) is 7.05 Å². The van der Waals surface area contributed by atoms with Crippen LogP contribution < -0.4 is 28.5 Å². The minimum atomic E-state index is 0. The van der Waals surface area contributed by atoms with Gasteiger partial charge in [0.1, 0.15) is 11.4 Å². The van der Waals surface area contributed by atoms with Crippen LogP contribution in [0.15, 0.2) is 12.4 Å². The largest absolute Gasteiger partial charge is 1.00 e. The molecule has 0 aliphatic rings. The molecule has 0 aliphatic carbocycles. The van der Waals surface area contributed by atoms with E-state index < -0.39 is 0 Å². The molecule has 0 N–H and O–H groups in total. The van der Waals surface area contributed by atoms with Crippen molar-refractivity contribution in [3.05, 3.63) is 23.8 Å². The Hall–Kier alpha value is -0.720. The van der Waals surface area contributed by atoms with Crippen LogP contribution in [-0.4, -0.2) is 14.6 Å². The zero-order valence-corrected chi connectivity index (χ0v) is 9.98. The van der Waals surface area contributed by atoms with E-state index in [0.29, 0.717) is 0 Å². The molecule has 0 saturated heterocycles. The first-order chi connectivity index (χ1) is 5.68. The molecule has 0 bridgehead atoms. The van der Waals surface area contributed by atoms with Crippen LogP contribution >= 0.6 is 0 Å². The SMILES string of the molecule is Cc1cc(C)n2nc[n+](C)c2n1.[I-]. The molecule has 0 amide bonds. The zero-order valence-electron chi connectivity index (χ0n) is 7.82. The molecule has 0 saturated carbocycles. The summed E-state index contributed by atoms with van der Waals surface area (Å²) in [6.45, 7) is 4.01. The number of halogens is 1. The average Bonchev–Trinajstić information content (AvgIpc) is 2.33. The van der Waals surface area contributed by atoms with E-state index in [9.17, 15) is 0 Å². The molecule has 2 aromatic rings. The molecule has 5 heteroatoms. The normalized spacial score (nSPS) is 10.1. The van der Waals surface area contributed by atoms with Gasteiger partial charge in [-0.25, -0.2) is 4.57 Å². The minimum Gasteiger partial charge on any atom is -1.00 e. The smallest absolute Gasteiger partial charge is 0.386 e. The number of nitrogens with zero attached hydrogens (tertiary/aromatic N) is 4. The summed E-state index contributed by atoms with van der Waals surface area (Å²) in [7, 11) is 1.94. The highest BCUT2D eigenvalue weighted by molar-refractivity contribution is 5.23. The van der Waals surface area contributed by atoms with Gasteiger partial charge in [-0.1, -0.05) is 4.52 Å². The number of aromatic nitrogens is 4. The van der Waals surface area contributed by atoms with Crippen LogP contribution in [0.25, 0.3) is 5.78 Å². The van der Waals surface area contributed by atoms with E-state index >= 15 is 0 Å². The predicted octanol–water partition coefficient (Wildman–Crippen LogP) is -2.83. The molecule has 2 heterocycles. The van der Waals surface area contributed by atoms with Crippen LogP contribution in [0.4, 0.5) is 0 Å². The van der Waals surface area contributed by atoms with Crippen molar-refractivity contribution in [3.63, 3.8) is 0 Å². The molecule has 13 heavy (non-hydrogen) atoms. The quantitative estimate of drug-likeness (QED) is 0.387. The van der Waals surface area contributed by atoms with Crippen molar-refractivity contribution in [2.24, 2.45) is 7.05 Å². The maximum absolute atomic E-state index is 4.36. The summed E-state index contributed by atoms with van der Waals surface area (Å²) in [5, 5.41) is 4.18. The molecule has 2 aromatic heterocycles. The lowest BCUT2D eigenvalue weighted by atomic mass is 10.4. The molecule has 0 aromatic carbocycles. The van der Waals surface area contributed by atoms with Gasteiger partial charge in [-0.2, -0.15) is 0 Å². The summed E-state index contributed by atoms with van der Waals surface area (Å²) in [6, 6.07) is 2.01. The Morgan fingerprint density at radius 1 is 1.38 bits per heavy atom. The number of hydrogen-bond acceptors (Lipinski definition) is 2. The lowest BCUT2D eigenvalue weighted by Gasteiger charge is -1.91. The van der Waals surface area contributed by atoms with Gasteiger partial charge in [0.05, 0.1) is 7.05 Å². The van der Waals surface area contributed by atoms with E-state index in [-0.39, 0.29) is 24.0 Å². The Kier molecular flexibility index (Phi) is 2.84. The third-order valence-corrected chi connectivity index (χ3v) is 1.87. The van der Waals surface area contributed by atoms with Gasteiger partial charge >= 0.3 is 5.78 Å². The highest BCUT2D eigenvalue weighted by atomic mass is 127. The first-order valence-corrected chi connectivity index (χ1v) is 3.86. The Morgan fingerprint density at radius 2 is 2.08 bits per heavy atom. The lowest BCUT2D eigenvalue weighted by molar-refractivity contribution is -0.648. The Balaban J connectivity index is 0.000000845. The van der Waals surface area contributed by atoms with Crippen LogP contribution in [0.1, 0.15) is 11.4 Å². The molecular weight excluding hydrogens is 279 g/mol. The zero-order chi connectivity index (χ0) is 8.72. The third kappa shape index (κ3) is 1.65. The molecule has 0 atom stereocenters. The van der Waals surface area contributed by atoms with Crippen molar-refractivity contribution in [1.29, 1.82) is 0 Å². The molecule has 2 rings (SSSR count). The minimum absolute atomic E-state index is 0. The Morgan fingerprint density at radius 3 is 2.77 bits per heavy atom. The van der Waals surface area contributed by atoms with Crippen molar-refractivity contribution in [3.8, 4) is 0 Å². The lowest BCUT2D eigenvalue weighted by Crippen LogP contribution is -3.00. The number of fused-ring (bicyclic) bond motifs is 1. The Bertz CT molecular complexity index is 435. The van der Waals surface area contributed by atoms with Gasteiger partial charge in [-0.3, -0.25) is 0 Å². The van der Waals surface area contributed by atoms with Gasteiger partial charge in [-0.05, 0) is 18.9 Å². The average molecular weight is 290 g/mol. The first kappa shape index (κ1) is 10.4. The fraction of sp³-hybridized carbons (Fsp3) is 0.375. The molecule has 0 unspecified atom stereocenters. The maximum Gasteiger partial charge on any atom is 0.386 e. The third-order valence-electron chi connectivity index (χ3n) is 1.87. The second-order valence-corrected chi connectivity index (χ2v) is 2.99. The maximum atomic E-state index is 4.36. The number of rotatable bonds is 0. The van der Waals surface area contributed by atoms with Gasteiger partial charge in [0, 0.05) is 6.07 Å². The van der Waals surface area contributed by atoms with E-state index in [0.717, 1.165) is 17.2 Å². The molecular formula is C8H11IN4. The van der Waals surface area contributed by atoms with E-state index in [1.807, 2.05) is 36.0 Å². The van der Waals surface area contributed by atoms with Crippen molar-refractivity contribution in [2.45, 2.75) is 13.8 Å². The summed E-state index contributed by atoms with van der Waals surface area (Å²) in [5.74, 6) is 0.882.